The largest absolute Gasteiger partial charge is 0.392 e. The van der Waals surface area contributed by atoms with Gasteiger partial charge in [0.1, 0.15) is 17.7 Å². The summed E-state index contributed by atoms with van der Waals surface area (Å²) < 4.78 is 13.5. The van der Waals surface area contributed by atoms with Crippen LogP contribution in [-0.2, 0) is 13.2 Å². The summed E-state index contributed by atoms with van der Waals surface area (Å²) in [5, 5.41) is 20.8. The highest BCUT2D eigenvalue weighted by atomic mass is 19.1. The monoisotopic (exact) mass is 257 g/mol. The van der Waals surface area contributed by atoms with E-state index in [1.165, 1.54) is 12.1 Å². The van der Waals surface area contributed by atoms with E-state index in [0.29, 0.717) is 23.5 Å². The molecule has 4 nitrogen and oxygen atoms in total. The van der Waals surface area contributed by atoms with E-state index in [9.17, 15) is 4.39 Å². The Morgan fingerprint density at radius 1 is 1.37 bits per heavy atom. The maximum Gasteiger partial charge on any atom is 0.144 e. The average molecular weight is 257 g/mol. The van der Waals surface area contributed by atoms with Crippen molar-refractivity contribution in [1.29, 1.82) is 5.26 Å². The lowest BCUT2D eigenvalue weighted by atomic mass is 10.1. The molecule has 1 aromatic carbocycles. The molecule has 0 amide bonds. The molecule has 0 spiro atoms. The molecule has 1 heterocycles. The molecular weight excluding hydrogens is 245 g/mol. The summed E-state index contributed by atoms with van der Waals surface area (Å²) in [6.07, 6.45) is 1.58. The Balaban J connectivity index is 2.11. The van der Waals surface area contributed by atoms with Gasteiger partial charge in [-0.2, -0.15) is 5.26 Å². The third-order valence-corrected chi connectivity index (χ3v) is 2.68. The number of benzene rings is 1. The van der Waals surface area contributed by atoms with Crippen LogP contribution in [0.2, 0.25) is 0 Å². The van der Waals surface area contributed by atoms with Crippen LogP contribution in [0.1, 0.15) is 16.7 Å². The Kier molecular flexibility index (Phi) is 4.06. The fourth-order valence-corrected chi connectivity index (χ4v) is 1.65. The van der Waals surface area contributed by atoms with Gasteiger partial charge in [0.05, 0.1) is 12.2 Å². The van der Waals surface area contributed by atoms with Crippen molar-refractivity contribution in [2.75, 3.05) is 5.32 Å². The molecule has 19 heavy (non-hydrogen) atoms. The lowest BCUT2D eigenvalue weighted by molar-refractivity contribution is 0.275. The number of hydrogen-bond acceptors (Lipinski definition) is 4. The minimum absolute atomic E-state index is 0.263. The SMILES string of the molecule is N#Cc1cccnc1NCc1ccc(CO)c(F)c1. The third-order valence-electron chi connectivity index (χ3n) is 2.68. The predicted octanol–water partition coefficient (Wildman–Crippen LogP) is 2.20. The Hall–Kier alpha value is -2.45. The molecule has 0 saturated heterocycles. The van der Waals surface area contributed by atoms with Crippen LogP contribution in [0.3, 0.4) is 0 Å². The van der Waals surface area contributed by atoms with Crippen molar-refractivity contribution in [3.63, 3.8) is 0 Å². The first-order chi connectivity index (χ1) is 9.24. The zero-order valence-electron chi connectivity index (χ0n) is 10.1. The molecular formula is C14H12FN3O. The summed E-state index contributed by atoms with van der Waals surface area (Å²) in [7, 11) is 0. The number of aliphatic hydroxyl groups excluding tert-OH is 1. The molecule has 0 unspecified atom stereocenters. The van der Waals surface area contributed by atoms with Crippen LogP contribution in [0.25, 0.3) is 0 Å². The van der Waals surface area contributed by atoms with E-state index in [0.717, 1.165) is 0 Å². The van der Waals surface area contributed by atoms with Gasteiger partial charge in [0, 0.05) is 18.3 Å². The Morgan fingerprint density at radius 2 is 2.21 bits per heavy atom. The second-order valence-corrected chi connectivity index (χ2v) is 3.95. The van der Waals surface area contributed by atoms with Crippen LogP contribution in [0, 0.1) is 17.1 Å². The molecule has 96 valence electrons. The van der Waals surface area contributed by atoms with Gasteiger partial charge in [0.2, 0.25) is 0 Å². The van der Waals surface area contributed by atoms with Crippen molar-refractivity contribution in [1.82, 2.24) is 4.98 Å². The molecule has 0 aliphatic rings. The van der Waals surface area contributed by atoms with Crippen molar-refractivity contribution in [2.45, 2.75) is 13.2 Å². The lowest BCUT2D eigenvalue weighted by Crippen LogP contribution is -2.04. The molecule has 0 saturated carbocycles. The zero-order chi connectivity index (χ0) is 13.7. The normalized spacial score (nSPS) is 9.95. The summed E-state index contributed by atoms with van der Waals surface area (Å²) in [5.41, 5.74) is 1.42. The predicted molar refractivity (Wildman–Crippen MR) is 68.6 cm³/mol. The van der Waals surface area contributed by atoms with Crippen molar-refractivity contribution in [3.8, 4) is 6.07 Å². The van der Waals surface area contributed by atoms with Crippen LogP contribution in [0.5, 0.6) is 0 Å². The maximum atomic E-state index is 13.5. The quantitative estimate of drug-likeness (QED) is 0.881. The van der Waals surface area contributed by atoms with E-state index in [4.69, 9.17) is 10.4 Å². The van der Waals surface area contributed by atoms with Gasteiger partial charge in [0.15, 0.2) is 0 Å². The molecule has 1 aromatic heterocycles. The number of halogens is 1. The van der Waals surface area contributed by atoms with Gasteiger partial charge in [-0.3, -0.25) is 0 Å². The van der Waals surface area contributed by atoms with Crippen LogP contribution in [-0.4, -0.2) is 10.1 Å². The van der Waals surface area contributed by atoms with Crippen LogP contribution < -0.4 is 5.32 Å². The van der Waals surface area contributed by atoms with Gasteiger partial charge in [-0.1, -0.05) is 12.1 Å². The van der Waals surface area contributed by atoms with Gasteiger partial charge in [-0.25, -0.2) is 9.37 Å². The van der Waals surface area contributed by atoms with Crippen molar-refractivity contribution in [3.05, 3.63) is 59.0 Å². The molecule has 2 rings (SSSR count). The molecule has 0 radical (unpaired) electrons. The fraction of sp³-hybridized carbons (Fsp3) is 0.143. The summed E-state index contributed by atoms with van der Waals surface area (Å²) in [6, 6.07) is 9.98. The smallest absolute Gasteiger partial charge is 0.144 e. The number of nitrogens with zero attached hydrogens (tertiary/aromatic N) is 2. The Bertz CT molecular complexity index is 622. The highest BCUT2D eigenvalue weighted by Gasteiger charge is 2.04. The summed E-state index contributed by atoms with van der Waals surface area (Å²) in [6.45, 7) is 0.0344. The molecule has 0 fully saturated rings. The van der Waals surface area contributed by atoms with E-state index in [2.05, 4.69) is 10.3 Å². The molecule has 0 aliphatic heterocycles. The molecule has 0 bridgehead atoms. The van der Waals surface area contributed by atoms with Gasteiger partial charge < -0.3 is 10.4 Å². The number of rotatable bonds is 4. The van der Waals surface area contributed by atoms with E-state index in [-0.39, 0.29) is 12.2 Å². The lowest BCUT2D eigenvalue weighted by Gasteiger charge is -2.08. The first-order valence-electron chi connectivity index (χ1n) is 5.71. The summed E-state index contributed by atoms with van der Waals surface area (Å²) in [4.78, 5) is 4.05. The maximum absolute atomic E-state index is 13.5. The van der Waals surface area contributed by atoms with E-state index in [1.54, 1.807) is 24.4 Å². The highest BCUT2D eigenvalue weighted by Crippen LogP contribution is 2.14. The third kappa shape index (κ3) is 3.06. The first kappa shape index (κ1) is 13.0. The van der Waals surface area contributed by atoms with Crippen molar-refractivity contribution >= 4 is 5.82 Å². The number of nitrogens with one attached hydrogen (secondary N) is 1. The Labute approximate surface area is 110 Å². The number of anilines is 1. The molecule has 5 heteroatoms. The minimum atomic E-state index is -0.441. The van der Waals surface area contributed by atoms with Gasteiger partial charge in [-0.15, -0.1) is 0 Å². The van der Waals surface area contributed by atoms with Gasteiger partial charge in [0.25, 0.3) is 0 Å². The molecule has 2 aromatic rings. The number of aliphatic hydroxyl groups is 1. The minimum Gasteiger partial charge on any atom is -0.392 e. The van der Waals surface area contributed by atoms with E-state index >= 15 is 0 Å². The molecule has 0 atom stereocenters. The van der Waals surface area contributed by atoms with Gasteiger partial charge >= 0.3 is 0 Å². The van der Waals surface area contributed by atoms with Crippen LogP contribution in [0.4, 0.5) is 10.2 Å². The topological polar surface area (TPSA) is 68.9 Å². The fourth-order valence-electron chi connectivity index (χ4n) is 1.65. The summed E-state index contributed by atoms with van der Waals surface area (Å²) >= 11 is 0. The standard InChI is InChI=1S/C14H12FN3O/c15-13-6-10(3-4-12(13)9-19)8-18-14-11(7-16)2-1-5-17-14/h1-6,19H,8-9H2,(H,17,18). The second-order valence-electron chi connectivity index (χ2n) is 3.95. The Morgan fingerprint density at radius 3 is 2.89 bits per heavy atom. The van der Waals surface area contributed by atoms with Gasteiger partial charge in [-0.05, 0) is 23.8 Å². The number of aromatic nitrogens is 1. The first-order valence-corrected chi connectivity index (χ1v) is 5.71. The van der Waals surface area contributed by atoms with E-state index in [1.807, 2.05) is 6.07 Å². The highest BCUT2D eigenvalue weighted by molar-refractivity contribution is 5.51. The number of hydrogen-bond donors (Lipinski definition) is 2. The number of pyridine rings is 1. The van der Waals surface area contributed by atoms with Crippen molar-refractivity contribution < 1.29 is 9.50 Å². The summed E-state index contributed by atoms with van der Waals surface area (Å²) in [5.74, 6) is 0.0278. The average Bonchev–Trinajstić information content (AvgIpc) is 2.45. The number of nitriles is 1. The van der Waals surface area contributed by atoms with E-state index < -0.39 is 5.82 Å². The van der Waals surface area contributed by atoms with Crippen molar-refractivity contribution in [2.24, 2.45) is 0 Å². The molecule has 2 N–H and O–H groups in total. The molecule has 0 aliphatic carbocycles. The van der Waals surface area contributed by atoms with Crippen LogP contribution >= 0.6 is 0 Å². The second kappa shape index (κ2) is 5.94. The van der Waals surface area contributed by atoms with Crippen LogP contribution in [0.15, 0.2) is 36.5 Å². The zero-order valence-corrected chi connectivity index (χ0v) is 10.1.